The third kappa shape index (κ3) is 2.23. The van der Waals surface area contributed by atoms with Crippen molar-refractivity contribution in [2.45, 2.75) is 52.6 Å². The summed E-state index contributed by atoms with van der Waals surface area (Å²) in [7, 11) is 1.62. The van der Waals surface area contributed by atoms with Gasteiger partial charge in [0.1, 0.15) is 12.6 Å². The highest BCUT2D eigenvalue weighted by molar-refractivity contribution is 5.34. The molecule has 0 amide bonds. The van der Waals surface area contributed by atoms with Crippen molar-refractivity contribution < 1.29 is 14.6 Å². The van der Waals surface area contributed by atoms with Gasteiger partial charge in [-0.25, -0.2) is 0 Å². The van der Waals surface area contributed by atoms with Gasteiger partial charge in [-0.05, 0) is 25.2 Å². The summed E-state index contributed by atoms with van der Waals surface area (Å²) >= 11 is 0. The minimum absolute atomic E-state index is 0.0805. The van der Waals surface area contributed by atoms with Gasteiger partial charge in [-0.15, -0.1) is 0 Å². The van der Waals surface area contributed by atoms with Crippen molar-refractivity contribution in [1.29, 1.82) is 5.26 Å². The molecule has 0 saturated heterocycles. The van der Waals surface area contributed by atoms with Gasteiger partial charge in [0.25, 0.3) is 0 Å². The van der Waals surface area contributed by atoms with E-state index < -0.39 is 0 Å². The van der Waals surface area contributed by atoms with Crippen molar-refractivity contribution in [2.75, 3.05) is 13.9 Å². The molecule has 20 heavy (non-hydrogen) atoms. The smallest absolute Gasteiger partial charge is 0.146 e. The van der Waals surface area contributed by atoms with Gasteiger partial charge in [0.05, 0.1) is 17.7 Å². The fraction of sp³-hybridized carbons (Fsp3) is 0.812. The van der Waals surface area contributed by atoms with Crippen molar-refractivity contribution in [3.63, 3.8) is 0 Å². The van der Waals surface area contributed by atoms with Crippen LogP contribution < -0.4 is 0 Å². The van der Waals surface area contributed by atoms with Crippen LogP contribution in [0.4, 0.5) is 0 Å². The fourth-order valence-electron chi connectivity index (χ4n) is 4.35. The summed E-state index contributed by atoms with van der Waals surface area (Å²) in [6.07, 6.45) is 3.83. The number of methoxy groups -OCH3 is 1. The number of allylic oxidation sites excluding steroid dienone is 2. The molecule has 0 unspecified atom stereocenters. The Labute approximate surface area is 121 Å². The van der Waals surface area contributed by atoms with Crippen LogP contribution >= 0.6 is 0 Å². The molecule has 2 aliphatic carbocycles. The Kier molecular flexibility index (Phi) is 4.13. The molecule has 0 aromatic heterocycles. The van der Waals surface area contributed by atoms with Gasteiger partial charge >= 0.3 is 0 Å². The van der Waals surface area contributed by atoms with Crippen molar-refractivity contribution >= 4 is 0 Å². The highest BCUT2D eigenvalue weighted by Crippen LogP contribution is 2.59. The maximum absolute atomic E-state index is 10.4. The van der Waals surface area contributed by atoms with Gasteiger partial charge in [0.2, 0.25) is 0 Å². The lowest BCUT2D eigenvalue weighted by Crippen LogP contribution is -2.53. The quantitative estimate of drug-likeness (QED) is 0.802. The molecule has 0 radical (unpaired) electrons. The topological polar surface area (TPSA) is 62.5 Å². The van der Waals surface area contributed by atoms with Gasteiger partial charge in [-0.2, -0.15) is 5.26 Å². The predicted molar refractivity (Wildman–Crippen MR) is 75.9 cm³/mol. The van der Waals surface area contributed by atoms with Crippen molar-refractivity contribution in [2.24, 2.45) is 16.7 Å². The van der Waals surface area contributed by atoms with Crippen LogP contribution in [0.25, 0.3) is 0 Å². The van der Waals surface area contributed by atoms with Crippen LogP contribution in [0.1, 0.15) is 46.5 Å². The third-order valence-corrected chi connectivity index (χ3v) is 5.34. The number of nitrogens with zero attached hydrogens (tertiary/aromatic N) is 1. The predicted octanol–water partition coefficient (Wildman–Crippen LogP) is 3.55. The Morgan fingerprint density at radius 3 is 2.65 bits per heavy atom. The third-order valence-electron chi connectivity index (χ3n) is 5.34. The van der Waals surface area contributed by atoms with E-state index in [1.54, 1.807) is 7.11 Å². The van der Waals surface area contributed by atoms with E-state index in [-0.39, 0.29) is 29.5 Å². The molecule has 0 bridgehead atoms. The van der Waals surface area contributed by atoms with Gasteiger partial charge < -0.3 is 14.6 Å². The second-order valence-electron chi connectivity index (χ2n) is 6.89. The number of aliphatic hydroxyl groups excluding tert-OH is 1. The van der Waals surface area contributed by atoms with Crippen LogP contribution in [0, 0.1) is 28.1 Å². The van der Waals surface area contributed by atoms with E-state index in [0.29, 0.717) is 17.9 Å². The van der Waals surface area contributed by atoms with E-state index in [9.17, 15) is 10.4 Å². The number of aliphatic hydroxyl groups is 1. The molecule has 0 heterocycles. The lowest BCUT2D eigenvalue weighted by molar-refractivity contribution is -0.165. The van der Waals surface area contributed by atoms with Crippen LogP contribution in [0.15, 0.2) is 11.3 Å². The zero-order valence-electron chi connectivity index (χ0n) is 12.9. The Bertz CT molecular complexity index is 449. The molecule has 2 rings (SSSR count). The highest BCUT2D eigenvalue weighted by atomic mass is 16.7. The summed E-state index contributed by atoms with van der Waals surface area (Å²) in [6.45, 7) is 6.56. The summed E-state index contributed by atoms with van der Waals surface area (Å²) in [5, 5.41) is 19.7. The Morgan fingerprint density at radius 1 is 1.35 bits per heavy atom. The molecule has 2 aliphatic rings. The number of nitriles is 1. The maximum Gasteiger partial charge on any atom is 0.146 e. The van der Waals surface area contributed by atoms with Gasteiger partial charge in [-0.1, -0.05) is 27.2 Å². The molecule has 0 spiro atoms. The van der Waals surface area contributed by atoms with Crippen molar-refractivity contribution in [3.8, 4) is 6.07 Å². The molecule has 0 aromatic rings. The second kappa shape index (κ2) is 5.38. The van der Waals surface area contributed by atoms with Crippen LogP contribution in [0.5, 0.6) is 0 Å². The number of hydrogen-bond donors (Lipinski definition) is 1. The first-order chi connectivity index (χ1) is 9.37. The summed E-state index contributed by atoms with van der Waals surface area (Å²) in [4.78, 5) is 0. The first-order valence-corrected chi connectivity index (χ1v) is 7.31. The molecule has 0 aliphatic heterocycles. The largest absolute Gasteiger partial charge is 0.511 e. The van der Waals surface area contributed by atoms with E-state index in [1.807, 2.05) is 13.8 Å². The summed E-state index contributed by atoms with van der Waals surface area (Å²) in [5.41, 5.74) is 0.0340. The fourth-order valence-corrected chi connectivity index (χ4v) is 4.35. The van der Waals surface area contributed by atoms with Crippen LogP contribution in [0.3, 0.4) is 0 Å². The molecule has 0 aromatic carbocycles. The molecule has 4 heteroatoms. The molecule has 1 saturated carbocycles. The van der Waals surface area contributed by atoms with Gasteiger partial charge in [0, 0.05) is 17.9 Å². The van der Waals surface area contributed by atoms with Crippen LogP contribution in [-0.2, 0) is 9.47 Å². The minimum atomic E-state index is -0.368. The highest BCUT2D eigenvalue weighted by Gasteiger charge is 2.55. The Hall–Kier alpha value is -1.05. The zero-order chi connectivity index (χ0) is 15.0. The monoisotopic (exact) mass is 279 g/mol. The van der Waals surface area contributed by atoms with E-state index in [0.717, 1.165) is 19.3 Å². The normalized spacial score (nSPS) is 36.4. The van der Waals surface area contributed by atoms with Gasteiger partial charge in [-0.3, -0.25) is 0 Å². The van der Waals surface area contributed by atoms with E-state index in [4.69, 9.17) is 9.47 Å². The molecular weight excluding hydrogens is 254 g/mol. The lowest BCUT2D eigenvalue weighted by atomic mass is 9.51. The first-order valence-electron chi connectivity index (χ1n) is 7.31. The number of hydrogen-bond acceptors (Lipinski definition) is 4. The number of ether oxygens (including phenoxy) is 2. The number of rotatable bonds is 3. The summed E-state index contributed by atoms with van der Waals surface area (Å²) in [5.74, 6) is 0.595. The standard InChI is InChI=1S/C16H25NO3/c1-15(2)12-6-5-7-13(20-10-19-4)16(12,3)8-11(9-17)14(15)18/h12-13,18H,5-8,10H2,1-4H3/t12-,13-,16-/m0/s1. The molecule has 1 fully saturated rings. The molecule has 1 N–H and O–H groups in total. The number of fused-ring (bicyclic) bond motifs is 1. The second-order valence-corrected chi connectivity index (χ2v) is 6.89. The maximum atomic E-state index is 10.4. The SMILES string of the molecule is COCO[C@H]1CCC[C@H]2C(C)(C)C(O)=C(C#N)C[C@]12C. The van der Waals surface area contributed by atoms with E-state index in [2.05, 4.69) is 13.0 Å². The minimum Gasteiger partial charge on any atom is -0.511 e. The summed E-state index contributed by atoms with van der Waals surface area (Å²) < 4.78 is 10.9. The Morgan fingerprint density at radius 2 is 2.05 bits per heavy atom. The van der Waals surface area contributed by atoms with E-state index >= 15 is 0 Å². The Balaban J connectivity index is 2.39. The molecule has 4 nitrogen and oxygen atoms in total. The van der Waals surface area contributed by atoms with Crippen molar-refractivity contribution in [1.82, 2.24) is 0 Å². The van der Waals surface area contributed by atoms with E-state index in [1.165, 1.54) is 0 Å². The zero-order valence-corrected chi connectivity index (χ0v) is 12.9. The average Bonchev–Trinajstić information content (AvgIpc) is 2.41. The molecular formula is C16H25NO3. The van der Waals surface area contributed by atoms with Crippen molar-refractivity contribution in [3.05, 3.63) is 11.3 Å². The van der Waals surface area contributed by atoms with Crippen LogP contribution in [0.2, 0.25) is 0 Å². The molecule has 3 atom stereocenters. The van der Waals surface area contributed by atoms with Gasteiger partial charge in [0.15, 0.2) is 0 Å². The lowest BCUT2D eigenvalue weighted by Gasteiger charge is -2.55. The van der Waals surface area contributed by atoms with Crippen LogP contribution in [-0.4, -0.2) is 25.1 Å². The summed E-state index contributed by atoms with van der Waals surface area (Å²) in [6, 6.07) is 2.19. The molecule has 112 valence electrons. The first kappa shape index (κ1) is 15.3. The average molecular weight is 279 g/mol.